The fourth-order valence-corrected chi connectivity index (χ4v) is 7.53. The van der Waals surface area contributed by atoms with E-state index in [1.165, 1.54) is 22.7 Å². The Kier molecular flexibility index (Phi) is 4.77. The molecule has 27 heavy (non-hydrogen) atoms. The molecule has 2 aromatic heterocycles. The Bertz CT molecular complexity index is 1080. The van der Waals surface area contributed by atoms with Gasteiger partial charge in [-0.05, 0) is 38.2 Å². The number of rotatable bonds is 4. The molecule has 3 heterocycles. The van der Waals surface area contributed by atoms with Crippen molar-refractivity contribution in [2.24, 2.45) is 0 Å². The molecular formula is C18H18N2O4S3. The quantitative estimate of drug-likeness (QED) is 0.764. The summed E-state index contributed by atoms with van der Waals surface area (Å²) in [5.74, 6) is -0.157. The second kappa shape index (κ2) is 6.96. The van der Waals surface area contributed by atoms with E-state index in [0.29, 0.717) is 35.4 Å². The van der Waals surface area contributed by atoms with Crippen LogP contribution in [0.25, 0.3) is 10.6 Å². The van der Waals surface area contributed by atoms with Gasteiger partial charge in [-0.25, -0.2) is 13.4 Å². The van der Waals surface area contributed by atoms with E-state index < -0.39 is 9.84 Å². The van der Waals surface area contributed by atoms with Crippen LogP contribution < -0.4 is 5.32 Å². The number of amides is 1. The fourth-order valence-electron chi connectivity index (χ4n) is 3.54. The molecule has 1 aliphatic carbocycles. The molecule has 2 aliphatic rings. The predicted octanol–water partition coefficient (Wildman–Crippen LogP) is 3.27. The van der Waals surface area contributed by atoms with Crippen LogP contribution in [0.4, 0.5) is 5.00 Å². The standard InChI is InChI=1S/C18H18N2O4S3/c1-10-8-25-17(19-10)15-13-5-6-27(23,24)9-14(13)26-18(15)20-16(22)12-4-2-3-11(12)7-21/h7-8H,2-6,9H2,1H3,(H,20,22). The van der Waals surface area contributed by atoms with Crippen molar-refractivity contribution in [2.45, 2.75) is 38.4 Å². The number of hydrogen-bond acceptors (Lipinski definition) is 7. The summed E-state index contributed by atoms with van der Waals surface area (Å²) in [7, 11) is -3.11. The highest BCUT2D eigenvalue weighted by atomic mass is 32.2. The van der Waals surface area contributed by atoms with Gasteiger partial charge in [0.1, 0.15) is 16.3 Å². The smallest absolute Gasteiger partial charge is 0.252 e. The lowest BCUT2D eigenvalue weighted by Crippen LogP contribution is -2.17. The highest BCUT2D eigenvalue weighted by molar-refractivity contribution is 7.90. The third-order valence-electron chi connectivity index (χ3n) is 4.84. The molecule has 0 spiro atoms. The van der Waals surface area contributed by atoms with Gasteiger partial charge in [-0.15, -0.1) is 22.7 Å². The molecule has 142 valence electrons. The van der Waals surface area contributed by atoms with E-state index in [1.54, 1.807) is 0 Å². The topological polar surface area (TPSA) is 93.2 Å². The van der Waals surface area contributed by atoms with E-state index in [9.17, 15) is 18.0 Å². The second-order valence-corrected chi connectivity index (χ2v) is 10.9. The Morgan fingerprint density at radius 2 is 2.11 bits per heavy atom. The molecule has 0 aromatic carbocycles. The minimum Gasteiger partial charge on any atom is -0.313 e. The van der Waals surface area contributed by atoms with Crippen LogP contribution >= 0.6 is 22.7 Å². The average molecular weight is 423 g/mol. The van der Waals surface area contributed by atoms with Gasteiger partial charge in [0, 0.05) is 32.7 Å². The molecule has 0 unspecified atom stereocenters. The Balaban J connectivity index is 1.77. The molecule has 0 saturated heterocycles. The fraction of sp³-hybridized carbons (Fsp3) is 0.389. The Hall–Kier alpha value is -1.84. The van der Waals surface area contributed by atoms with Crippen molar-refractivity contribution in [2.75, 3.05) is 11.1 Å². The SMILES string of the molecule is Cc1csc(-c2c(NC(=O)C3=C(C=O)CCC3)sc3c2CCS(=O)(=O)C3)n1. The Morgan fingerprint density at radius 1 is 1.30 bits per heavy atom. The van der Waals surface area contributed by atoms with E-state index in [1.807, 2.05) is 12.3 Å². The van der Waals surface area contributed by atoms with Gasteiger partial charge in [0.05, 0.1) is 11.5 Å². The molecule has 1 N–H and O–H groups in total. The van der Waals surface area contributed by atoms with Gasteiger partial charge in [-0.2, -0.15) is 0 Å². The van der Waals surface area contributed by atoms with Crippen LogP contribution in [-0.4, -0.2) is 31.3 Å². The zero-order chi connectivity index (χ0) is 19.2. The van der Waals surface area contributed by atoms with Crippen molar-refractivity contribution >= 4 is 49.7 Å². The number of aldehydes is 1. The average Bonchev–Trinajstić information content (AvgIpc) is 3.31. The van der Waals surface area contributed by atoms with Gasteiger partial charge in [0.15, 0.2) is 9.84 Å². The molecule has 1 amide bonds. The monoisotopic (exact) mass is 422 g/mol. The number of anilines is 1. The summed E-state index contributed by atoms with van der Waals surface area (Å²) in [5, 5.41) is 6.30. The van der Waals surface area contributed by atoms with Crippen molar-refractivity contribution in [1.29, 1.82) is 0 Å². The van der Waals surface area contributed by atoms with Crippen LogP contribution in [0.3, 0.4) is 0 Å². The number of aryl methyl sites for hydroxylation is 1. The van der Waals surface area contributed by atoms with Crippen LogP contribution in [0.15, 0.2) is 16.5 Å². The van der Waals surface area contributed by atoms with Crippen molar-refractivity contribution < 1.29 is 18.0 Å². The summed E-state index contributed by atoms with van der Waals surface area (Å²) in [6, 6.07) is 0. The van der Waals surface area contributed by atoms with Crippen molar-refractivity contribution in [3.05, 3.63) is 32.7 Å². The van der Waals surface area contributed by atoms with Crippen molar-refractivity contribution in [3.8, 4) is 10.6 Å². The number of carbonyl (C=O) groups excluding carboxylic acids is 2. The molecule has 0 fully saturated rings. The molecule has 1 aliphatic heterocycles. The summed E-state index contributed by atoms with van der Waals surface area (Å²) in [6.45, 7) is 1.90. The number of sulfone groups is 1. The van der Waals surface area contributed by atoms with E-state index in [4.69, 9.17) is 0 Å². The summed E-state index contributed by atoms with van der Waals surface area (Å²) < 4.78 is 24.1. The lowest BCUT2D eigenvalue weighted by Gasteiger charge is -2.13. The third kappa shape index (κ3) is 3.51. The van der Waals surface area contributed by atoms with Crippen LogP contribution in [0.2, 0.25) is 0 Å². The molecule has 4 rings (SSSR count). The molecule has 9 heteroatoms. The van der Waals surface area contributed by atoms with Crippen molar-refractivity contribution in [3.63, 3.8) is 0 Å². The van der Waals surface area contributed by atoms with Gasteiger partial charge in [-0.1, -0.05) is 0 Å². The maximum Gasteiger partial charge on any atom is 0.252 e. The normalized spacial score (nSPS) is 18.4. The number of thiophene rings is 1. The molecule has 0 radical (unpaired) electrons. The van der Waals surface area contributed by atoms with Crippen LogP contribution in [-0.2, 0) is 31.6 Å². The summed E-state index contributed by atoms with van der Waals surface area (Å²) in [5.41, 5.74) is 3.78. The van der Waals surface area contributed by atoms with Gasteiger partial charge in [0.2, 0.25) is 0 Å². The van der Waals surface area contributed by atoms with Gasteiger partial charge >= 0.3 is 0 Å². The first-order valence-corrected chi connectivity index (χ1v) is 12.2. The molecule has 0 bridgehead atoms. The van der Waals surface area contributed by atoms with E-state index in [-0.39, 0.29) is 17.4 Å². The van der Waals surface area contributed by atoms with E-state index in [0.717, 1.165) is 39.4 Å². The van der Waals surface area contributed by atoms with Crippen LogP contribution in [0.5, 0.6) is 0 Å². The maximum absolute atomic E-state index is 12.8. The summed E-state index contributed by atoms with van der Waals surface area (Å²) in [4.78, 5) is 29.3. The zero-order valence-electron chi connectivity index (χ0n) is 14.7. The zero-order valence-corrected chi connectivity index (χ0v) is 17.2. The van der Waals surface area contributed by atoms with E-state index in [2.05, 4.69) is 10.3 Å². The lowest BCUT2D eigenvalue weighted by molar-refractivity contribution is -0.113. The number of carbonyl (C=O) groups is 2. The molecule has 2 aromatic rings. The Labute approximate surface area is 165 Å². The first-order chi connectivity index (χ1) is 12.9. The van der Waals surface area contributed by atoms with Gasteiger partial charge in [-0.3, -0.25) is 9.59 Å². The minimum absolute atomic E-state index is 0.00249. The predicted molar refractivity (Wildman–Crippen MR) is 107 cm³/mol. The summed E-state index contributed by atoms with van der Waals surface area (Å²) >= 11 is 2.79. The van der Waals surface area contributed by atoms with E-state index >= 15 is 0 Å². The summed E-state index contributed by atoms with van der Waals surface area (Å²) in [6.07, 6.45) is 3.21. The highest BCUT2D eigenvalue weighted by Crippen LogP contribution is 2.45. The van der Waals surface area contributed by atoms with Gasteiger partial charge in [0.25, 0.3) is 5.91 Å². The van der Waals surface area contributed by atoms with Crippen LogP contribution in [0.1, 0.15) is 35.4 Å². The lowest BCUT2D eigenvalue weighted by atomic mass is 10.1. The van der Waals surface area contributed by atoms with Gasteiger partial charge < -0.3 is 5.32 Å². The van der Waals surface area contributed by atoms with Crippen molar-refractivity contribution in [1.82, 2.24) is 4.98 Å². The first kappa shape index (κ1) is 18.5. The number of hydrogen-bond donors (Lipinski definition) is 1. The second-order valence-electron chi connectivity index (χ2n) is 6.77. The number of allylic oxidation sites excluding steroid dienone is 1. The molecule has 0 atom stereocenters. The Morgan fingerprint density at radius 3 is 2.81 bits per heavy atom. The number of aromatic nitrogens is 1. The number of nitrogens with one attached hydrogen (secondary N) is 1. The number of fused-ring (bicyclic) bond motifs is 1. The highest BCUT2D eigenvalue weighted by Gasteiger charge is 2.31. The maximum atomic E-state index is 12.8. The number of thiazole rings is 1. The van der Waals surface area contributed by atoms with Crippen LogP contribution in [0, 0.1) is 6.92 Å². The molecule has 0 saturated carbocycles. The molecular weight excluding hydrogens is 404 g/mol. The number of nitrogens with zero attached hydrogens (tertiary/aromatic N) is 1. The third-order valence-corrected chi connectivity index (χ3v) is 8.70. The molecule has 6 nitrogen and oxygen atoms in total. The first-order valence-electron chi connectivity index (χ1n) is 8.64. The largest absolute Gasteiger partial charge is 0.313 e. The minimum atomic E-state index is -3.11.